The number of aromatic nitrogens is 3. The lowest BCUT2D eigenvalue weighted by molar-refractivity contribution is 0.0952. The van der Waals surface area contributed by atoms with Crippen molar-refractivity contribution in [3.8, 4) is 0 Å². The molecule has 0 aromatic carbocycles. The fraction of sp³-hybridized carbons (Fsp3) is 0.214. The van der Waals surface area contributed by atoms with Gasteiger partial charge in [-0.25, -0.2) is 9.50 Å². The number of carbonyl (C=O) groups excluding carboxylic acids is 1. The van der Waals surface area contributed by atoms with E-state index in [4.69, 9.17) is 0 Å². The van der Waals surface area contributed by atoms with Crippen molar-refractivity contribution < 1.29 is 4.79 Å². The molecule has 3 aromatic heterocycles. The van der Waals surface area contributed by atoms with Crippen LogP contribution in [0.4, 0.5) is 0 Å². The van der Waals surface area contributed by atoms with E-state index in [9.17, 15) is 4.79 Å². The average Bonchev–Trinajstić information content (AvgIpc) is 3.02. The molecule has 6 heteroatoms. The first-order valence-electron chi connectivity index (χ1n) is 6.28. The number of hydrogen-bond donors (Lipinski definition) is 1. The van der Waals surface area contributed by atoms with E-state index in [2.05, 4.69) is 15.4 Å². The summed E-state index contributed by atoms with van der Waals surface area (Å²) in [6.45, 7) is 4.47. The minimum absolute atomic E-state index is 0.149. The third-order valence-corrected chi connectivity index (χ3v) is 3.97. The first-order chi connectivity index (χ1) is 9.63. The van der Waals surface area contributed by atoms with Gasteiger partial charge in [0.25, 0.3) is 5.91 Å². The molecule has 0 saturated heterocycles. The van der Waals surface area contributed by atoms with Gasteiger partial charge in [0.1, 0.15) is 5.56 Å². The van der Waals surface area contributed by atoms with E-state index in [1.807, 2.05) is 32.0 Å². The van der Waals surface area contributed by atoms with Gasteiger partial charge in [-0.3, -0.25) is 4.79 Å². The summed E-state index contributed by atoms with van der Waals surface area (Å²) in [5.41, 5.74) is 1.95. The maximum Gasteiger partial charge on any atom is 0.257 e. The van der Waals surface area contributed by atoms with Crippen molar-refractivity contribution in [2.45, 2.75) is 20.4 Å². The molecule has 0 bridgehead atoms. The monoisotopic (exact) mass is 286 g/mol. The van der Waals surface area contributed by atoms with Gasteiger partial charge in [0.2, 0.25) is 0 Å². The van der Waals surface area contributed by atoms with Crippen LogP contribution in [0.2, 0.25) is 0 Å². The highest BCUT2D eigenvalue weighted by atomic mass is 32.1. The SMILES string of the molecule is Cc1ccn2ncc(C(=O)NCc3ccc(C)s3)c2n1. The van der Waals surface area contributed by atoms with E-state index in [1.54, 1.807) is 28.2 Å². The summed E-state index contributed by atoms with van der Waals surface area (Å²) < 4.78 is 1.61. The highest BCUT2D eigenvalue weighted by Crippen LogP contribution is 2.15. The number of hydrogen-bond acceptors (Lipinski definition) is 4. The van der Waals surface area contributed by atoms with Crippen molar-refractivity contribution in [3.05, 3.63) is 51.6 Å². The largest absolute Gasteiger partial charge is 0.347 e. The molecule has 1 N–H and O–H groups in total. The van der Waals surface area contributed by atoms with E-state index in [0.29, 0.717) is 17.8 Å². The molecule has 0 aliphatic carbocycles. The molecule has 20 heavy (non-hydrogen) atoms. The lowest BCUT2D eigenvalue weighted by Crippen LogP contribution is -2.22. The molecular weight excluding hydrogens is 272 g/mol. The van der Waals surface area contributed by atoms with Crippen molar-refractivity contribution in [1.29, 1.82) is 0 Å². The van der Waals surface area contributed by atoms with Gasteiger partial charge in [-0.2, -0.15) is 5.10 Å². The van der Waals surface area contributed by atoms with Gasteiger partial charge < -0.3 is 5.32 Å². The number of amides is 1. The average molecular weight is 286 g/mol. The Morgan fingerprint density at radius 1 is 1.35 bits per heavy atom. The number of thiophene rings is 1. The molecule has 0 fully saturated rings. The smallest absolute Gasteiger partial charge is 0.257 e. The maximum absolute atomic E-state index is 12.2. The first-order valence-corrected chi connectivity index (χ1v) is 7.09. The van der Waals surface area contributed by atoms with Crippen molar-refractivity contribution in [2.75, 3.05) is 0 Å². The van der Waals surface area contributed by atoms with Gasteiger partial charge in [-0.15, -0.1) is 11.3 Å². The third kappa shape index (κ3) is 2.42. The van der Waals surface area contributed by atoms with Crippen LogP contribution in [0.3, 0.4) is 0 Å². The quantitative estimate of drug-likeness (QED) is 0.804. The van der Waals surface area contributed by atoms with Crippen LogP contribution in [0.15, 0.2) is 30.6 Å². The normalized spacial score (nSPS) is 10.9. The molecule has 0 radical (unpaired) electrons. The lowest BCUT2D eigenvalue weighted by Gasteiger charge is -2.02. The van der Waals surface area contributed by atoms with E-state index < -0.39 is 0 Å². The van der Waals surface area contributed by atoms with Gasteiger partial charge in [0, 0.05) is 21.6 Å². The van der Waals surface area contributed by atoms with Crippen molar-refractivity contribution in [2.24, 2.45) is 0 Å². The molecule has 1 amide bonds. The topological polar surface area (TPSA) is 59.3 Å². The van der Waals surface area contributed by atoms with Crippen LogP contribution in [-0.2, 0) is 6.54 Å². The van der Waals surface area contributed by atoms with Crippen molar-refractivity contribution in [1.82, 2.24) is 19.9 Å². The Morgan fingerprint density at radius 3 is 2.95 bits per heavy atom. The van der Waals surface area contributed by atoms with Crippen LogP contribution < -0.4 is 5.32 Å². The molecule has 0 saturated carbocycles. The number of nitrogens with one attached hydrogen (secondary N) is 1. The minimum atomic E-state index is -0.149. The summed E-state index contributed by atoms with van der Waals surface area (Å²) in [5, 5.41) is 7.04. The molecule has 3 aromatic rings. The molecule has 0 unspecified atom stereocenters. The van der Waals surface area contributed by atoms with Gasteiger partial charge in [-0.1, -0.05) is 0 Å². The van der Waals surface area contributed by atoms with E-state index in [0.717, 1.165) is 10.6 Å². The Balaban J connectivity index is 1.80. The fourth-order valence-corrected chi connectivity index (χ4v) is 2.79. The van der Waals surface area contributed by atoms with Gasteiger partial charge in [-0.05, 0) is 32.0 Å². The predicted molar refractivity (Wildman–Crippen MR) is 78.0 cm³/mol. The molecule has 3 heterocycles. The highest BCUT2D eigenvalue weighted by molar-refractivity contribution is 7.11. The van der Waals surface area contributed by atoms with Crippen LogP contribution in [0.5, 0.6) is 0 Å². The lowest BCUT2D eigenvalue weighted by atomic mass is 10.3. The van der Waals surface area contributed by atoms with Crippen LogP contribution in [-0.4, -0.2) is 20.5 Å². The third-order valence-electron chi connectivity index (χ3n) is 2.97. The zero-order valence-electron chi connectivity index (χ0n) is 11.3. The van der Waals surface area contributed by atoms with Crippen LogP contribution >= 0.6 is 11.3 Å². The highest BCUT2D eigenvalue weighted by Gasteiger charge is 2.13. The summed E-state index contributed by atoms with van der Waals surface area (Å²) in [6, 6.07) is 5.93. The van der Waals surface area contributed by atoms with Gasteiger partial charge in [0.05, 0.1) is 12.7 Å². The molecule has 0 aliphatic rings. The Hall–Kier alpha value is -2.21. The van der Waals surface area contributed by atoms with Crippen LogP contribution in [0.25, 0.3) is 5.65 Å². The summed E-state index contributed by atoms with van der Waals surface area (Å²) in [4.78, 5) is 18.9. The molecule has 5 nitrogen and oxygen atoms in total. The second-order valence-electron chi connectivity index (χ2n) is 4.59. The van der Waals surface area contributed by atoms with Crippen LogP contribution in [0, 0.1) is 13.8 Å². The van der Waals surface area contributed by atoms with E-state index in [1.165, 1.54) is 4.88 Å². The Labute approximate surface area is 120 Å². The molecule has 0 aliphatic heterocycles. The summed E-state index contributed by atoms with van der Waals surface area (Å²) >= 11 is 1.68. The Morgan fingerprint density at radius 2 is 2.20 bits per heavy atom. The summed E-state index contributed by atoms with van der Waals surface area (Å²) in [7, 11) is 0. The van der Waals surface area contributed by atoms with Crippen molar-refractivity contribution >= 4 is 22.9 Å². The standard InChI is InChI=1S/C14H14N4OS/c1-9-5-6-18-13(17-9)12(8-16-18)14(19)15-7-11-4-3-10(2)20-11/h3-6,8H,7H2,1-2H3,(H,15,19). The maximum atomic E-state index is 12.2. The molecule has 0 atom stereocenters. The zero-order chi connectivity index (χ0) is 14.1. The number of rotatable bonds is 3. The zero-order valence-corrected chi connectivity index (χ0v) is 12.1. The van der Waals surface area contributed by atoms with Gasteiger partial charge >= 0.3 is 0 Å². The number of carbonyl (C=O) groups is 1. The van der Waals surface area contributed by atoms with E-state index >= 15 is 0 Å². The molecule has 0 spiro atoms. The van der Waals surface area contributed by atoms with E-state index in [-0.39, 0.29) is 5.91 Å². The second-order valence-corrected chi connectivity index (χ2v) is 5.96. The summed E-state index contributed by atoms with van der Waals surface area (Å²) in [5.74, 6) is -0.149. The minimum Gasteiger partial charge on any atom is -0.347 e. The number of aryl methyl sites for hydroxylation is 2. The number of fused-ring (bicyclic) bond motifs is 1. The molecule has 102 valence electrons. The van der Waals surface area contributed by atoms with Gasteiger partial charge in [0.15, 0.2) is 5.65 Å². The molecule has 3 rings (SSSR count). The number of nitrogens with zero attached hydrogens (tertiary/aromatic N) is 3. The first kappa shape index (κ1) is 12.8. The second kappa shape index (κ2) is 5.05. The predicted octanol–water partition coefficient (Wildman–Crippen LogP) is 2.34. The van der Waals surface area contributed by atoms with Crippen LogP contribution in [0.1, 0.15) is 25.8 Å². The Bertz CT molecular complexity index is 774. The molecular formula is C14H14N4OS. The van der Waals surface area contributed by atoms with Crippen molar-refractivity contribution in [3.63, 3.8) is 0 Å². The fourth-order valence-electron chi connectivity index (χ4n) is 1.96. The summed E-state index contributed by atoms with van der Waals surface area (Å²) in [6.07, 6.45) is 3.36. The Kier molecular flexibility index (Phi) is 3.23.